The molecule has 1 saturated heterocycles. The van der Waals surface area contributed by atoms with Crippen LogP contribution in [0.2, 0.25) is 5.02 Å². The molecule has 1 N–H and O–H groups in total. The van der Waals surface area contributed by atoms with Crippen LogP contribution < -0.4 is 5.32 Å². The molecule has 6 nitrogen and oxygen atoms in total. The number of rotatable bonds is 2. The number of likely N-dealkylation sites (N-methyl/N-ethyl adjacent to an activating group) is 1. The van der Waals surface area contributed by atoms with Gasteiger partial charge < -0.3 is 5.32 Å². The van der Waals surface area contributed by atoms with Crippen molar-refractivity contribution in [2.45, 2.75) is 18.9 Å². The van der Waals surface area contributed by atoms with E-state index >= 15 is 0 Å². The van der Waals surface area contributed by atoms with Gasteiger partial charge in [-0.3, -0.25) is 14.5 Å². The van der Waals surface area contributed by atoms with Gasteiger partial charge >= 0.3 is 0 Å². The summed E-state index contributed by atoms with van der Waals surface area (Å²) in [6.07, 6.45) is 2.11. The quantitative estimate of drug-likeness (QED) is 0.821. The van der Waals surface area contributed by atoms with Gasteiger partial charge in [0, 0.05) is 19.7 Å². The van der Waals surface area contributed by atoms with Crippen LogP contribution in [-0.2, 0) is 9.59 Å². The lowest BCUT2D eigenvalue weighted by molar-refractivity contribution is -0.146. The van der Waals surface area contributed by atoms with Crippen molar-refractivity contribution >= 4 is 29.2 Å². The second-order valence-corrected chi connectivity index (χ2v) is 4.54. The van der Waals surface area contributed by atoms with Crippen molar-refractivity contribution in [3.8, 4) is 6.07 Å². The molecule has 1 aromatic rings. The fourth-order valence-corrected chi connectivity index (χ4v) is 2.05. The van der Waals surface area contributed by atoms with E-state index in [0.29, 0.717) is 6.42 Å². The van der Waals surface area contributed by atoms with Crippen molar-refractivity contribution in [2.75, 3.05) is 12.4 Å². The molecule has 0 bridgehead atoms. The average molecular weight is 279 g/mol. The van der Waals surface area contributed by atoms with E-state index in [4.69, 9.17) is 16.9 Å². The zero-order valence-electron chi connectivity index (χ0n) is 10.2. The molecule has 2 heterocycles. The predicted molar refractivity (Wildman–Crippen MR) is 68.4 cm³/mol. The van der Waals surface area contributed by atoms with Crippen LogP contribution in [0.1, 0.15) is 18.4 Å². The minimum absolute atomic E-state index is 0.178. The standard InChI is InChI=1S/C12H11ClN4O2/c1-17-9(18)3-2-8(12(17)19)16-11-10(13)7(6-14)4-5-15-11/h4-5,8H,2-3H2,1H3,(H,15,16). The first-order valence-corrected chi connectivity index (χ1v) is 6.04. The minimum Gasteiger partial charge on any atom is -0.357 e. The van der Waals surface area contributed by atoms with Crippen LogP contribution in [-0.4, -0.2) is 34.8 Å². The molecule has 7 heteroatoms. The highest BCUT2D eigenvalue weighted by Crippen LogP contribution is 2.25. The average Bonchev–Trinajstić information content (AvgIpc) is 2.41. The van der Waals surface area contributed by atoms with Gasteiger partial charge in [0.2, 0.25) is 5.91 Å². The molecule has 1 fully saturated rings. The molecule has 0 spiro atoms. The third-order valence-electron chi connectivity index (χ3n) is 2.97. The van der Waals surface area contributed by atoms with Crippen molar-refractivity contribution < 1.29 is 9.59 Å². The molecule has 0 aromatic carbocycles. The number of halogens is 1. The Morgan fingerprint density at radius 2 is 2.32 bits per heavy atom. The lowest BCUT2D eigenvalue weighted by Gasteiger charge is -2.28. The molecule has 2 rings (SSSR count). The van der Waals surface area contributed by atoms with E-state index in [9.17, 15) is 9.59 Å². The normalized spacial score (nSPS) is 19.2. The molecular formula is C12H11ClN4O2. The first-order chi connectivity index (χ1) is 9.04. The Labute approximate surface area is 115 Å². The number of carbonyl (C=O) groups is 2. The zero-order valence-corrected chi connectivity index (χ0v) is 10.9. The number of nitriles is 1. The Hall–Kier alpha value is -2.13. The molecule has 0 saturated carbocycles. The second kappa shape index (κ2) is 5.24. The highest BCUT2D eigenvalue weighted by molar-refractivity contribution is 6.34. The van der Waals surface area contributed by atoms with E-state index in [1.54, 1.807) is 0 Å². The van der Waals surface area contributed by atoms with Gasteiger partial charge in [0.15, 0.2) is 0 Å². The van der Waals surface area contributed by atoms with Gasteiger partial charge in [0.25, 0.3) is 5.91 Å². The molecule has 1 aliphatic rings. The lowest BCUT2D eigenvalue weighted by Crippen LogP contribution is -2.48. The number of hydrogen-bond acceptors (Lipinski definition) is 5. The number of nitrogens with one attached hydrogen (secondary N) is 1. The minimum atomic E-state index is -0.554. The van der Waals surface area contributed by atoms with Crippen molar-refractivity contribution in [2.24, 2.45) is 0 Å². The summed E-state index contributed by atoms with van der Waals surface area (Å²) in [5, 5.41) is 11.9. The van der Waals surface area contributed by atoms with E-state index in [-0.39, 0.29) is 34.6 Å². The van der Waals surface area contributed by atoms with Crippen LogP contribution in [0.15, 0.2) is 12.3 Å². The number of carbonyl (C=O) groups excluding carboxylic acids is 2. The number of pyridine rings is 1. The van der Waals surface area contributed by atoms with Crippen LogP contribution in [0.3, 0.4) is 0 Å². The van der Waals surface area contributed by atoms with Crippen LogP contribution in [0.5, 0.6) is 0 Å². The van der Waals surface area contributed by atoms with Crippen molar-refractivity contribution in [3.63, 3.8) is 0 Å². The maximum absolute atomic E-state index is 11.9. The fraction of sp³-hybridized carbons (Fsp3) is 0.333. The maximum Gasteiger partial charge on any atom is 0.251 e. The monoisotopic (exact) mass is 278 g/mol. The second-order valence-electron chi connectivity index (χ2n) is 4.16. The Morgan fingerprint density at radius 3 is 3.00 bits per heavy atom. The number of piperidine rings is 1. The van der Waals surface area contributed by atoms with Crippen molar-refractivity contribution in [3.05, 3.63) is 22.8 Å². The maximum atomic E-state index is 11.9. The van der Waals surface area contributed by atoms with Gasteiger partial charge in [0.05, 0.1) is 5.56 Å². The molecule has 1 aliphatic heterocycles. The molecule has 1 unspecified atom stereocenters. The van der Waals surface area contributed by atoms with Gasteiger partial charge in [-0.05, 0) is 12.5 Å². The molecule has 0 radical (unpaired) electrons. The lowest BCUT2D eigenvalue weighted by atomic mass is 10.0. The zero-order chi connectivity index (χ0) is 14.0. The summed E-state index contributed by atoms with van der Waals surface area (Å²) in [5.74, 6) is -0.244. The largest absolute Gasteiger partial charge is 0.357 e. The van der Waals surface area contributed by atoms with Crippen molar-refractivity contribution in [1.82, 2.24) is 9.88 Å². The van der Waals surface area contributed by atoms with Crippen LogP contribution in [0.25, 0.3) is 0 Å². The van der Waals surface area contributed by atoms with E-state index in [2.05, 4.69) is 10.3 Å². The summed E-state index contributed by atoms with van der Waals surface area (Å²) in [6, 6.07) is 2.88. The van der Waals surface area contributed by atoms with E-state index < -0.39 is 6.04 Å². The molecule has 1 atom stereocenters. The molecule has 19 heavy (non-hydrogen) atoms. The molecule has 1 aromatic heterocycles. The highest BCUT2D eigenvalue weighted by atomic mass is 35.5. The number of amides is 2. The summed E-state index contributed by atoms with van der Waals surface area (Å²) >= 11 is 6.00. The van der Waals surface area contributed by atoms with E-state index in [1.165, 1.54) is 19.3 Å². The molecular weight excluding hydrogens is 268 g/mol. The number of likely N-dealkylation sites (tertiary alicyclic amines) is 1. The summed E-state index contributed by atoms with van der Waals surface area (Å²) in [7, 11) is 1.44. The summed E-state index contributed by atoms with van der Waals surface area (Å²) in [6.45, 7) is 0. The Balaban J connectivity index is 2.21. The van der Waals surface area contributed by atoms with E-state index in [0.717, 1.165) is 4.90 Å². The topological polar surface area (TPSA) is 86.1 Å². The summed E-state index contributed by atoms with van der Waals surface area (Å²) < 4.78 is 0. The third-order valence-corrected chi connectivity index (χ3v) is 3.35. The van der Waals surface area contributed by atoms with Crippen LogP contribution in [0, 0.1) is 11.3 Å². The first kappa shape index (κ1) is 13.3. The first-order valence-electron chi connectivity index (χ1n) is 5.66. The fourth-order valence-electron chi connectivity index (χ4n) is 1.85. The molecule has 0 aliphatic carbocycles. The van der Waals surface area contributed by atoms with Gasteiger partial charge in [-0.15, -0.1) is 0 Å². The van der Waals surface area contributed by atoms with Crippen molar-refractivity contribution in [1.29, 1.82) is 5.26 Å². The number of nitrogens with zero attached hydrogens (tertiary/aromatic N) is 3. The Kier molecular flexibility index (Phi) is 3.67. The highest BCUT2D eigenvalue weighted by Gasteiger charge is 2.32. The molecule has 98 valence electrons. The summed E-state index contributed by atoms with van der Waals surface area (Å²) in [4.78, 5) is 28.4. The van der Waals surface area contributed by atoms with Gasteiger partial charge in [-0.1, -0.05) is 11.6 Å². The predicted octanol–water partition coefficient (Wildman–Crippen LogP) is 1.17. The van der Waals surface area contributed by atoms with Gasteiger partial charge in [-0.25, -0.2) is 4.98 Å². The Bertz CT molecular complexity index is 582. The van der Waals surface area contributed by atoms with E-state index in [1.807, 2.05) is 6.07 Å². The SMILES string of the molecule is CN1C(=O)CCC(Nc2nccc(C#N)c2Cl)C1=O. The third kappa shape index (κ3) is 2.51. The van der Waals surface area contributed by atoms with Gasteiger partial charge in [-0.2, -0.15) is 5.26 Å². The Morgan fingerprint density at radius 1 is 1.58 bits per heavy atom. The number of imide groups is 1. The summed E-state index contributed by atoms with van der Waals surface area (Å²) in [5.41, 5.74) is 0.284. The van der Waals surface area contributed by atoms with Crippen LogP contribution in [0.4, 0.5) is 5.82 Å². The number of hydrogen-bond donors (Lipinski definition) is 1. The van der Waals surface area contributed by atoms with Crippen LogP contribution >= 0.6 is 11.6 Å². The molecule has 2 amide bonds. The van der Waals surface area contributed by atoms with Gasteiger partial charge in [0.1, 0.15) is 23.0 Å². The number of anilines is 1. The smallest absolute Gasteiger partial charge is 0.251 e. The number of aromatic nitrogens is 1.